The third-order valence-electron chi connectivity index (χ3n) is 6.68. The van der Waals surface area contributed by atoms with Gasteiger partial charge in [0.2, 0.25) is 5.91 Å². The van der Waals surface area contributed by atoms with Gasteiger partial charge in [0.15, 0.2) is 11.8 Å². The summed E-state index contributed by atoms with van der Waals surface area (Å²) in [6.07, 6.45) is 7.54. The van der Waals surface area contributed by atoms with Crippen molar-refractivity contribution in [3.63, 3.8) is 0 Å². The average Bonchev–Trinajstić information content (AvgIpc) is 2.86. The predicted octanol–water partition coefficient (Wildman–Crippen LogP) is 2.60. The molecule has 0 radical (unpaired) electrons. The molecular weight excluding hydrogens is 478 g/mol. The number of ether oxygens (including phenoxy) is 1. The number of carbonyl (C=O) groups excluding carboxylic acids is 3. The first-order chi connectivity index (χ1) is 17.7. The van der Waals surface area contributed by atoms with Crippen LogP contribution in [0.25, 0.3) is 0 Å². The number of nitrogens with two attached hydrogens (primary N) is 1. The minimum atomic E-state index is -0.967. The Morgan fingerprint density at radius 2 is 1.76 bits per heavy atom. The topological polar surface area (TPSA) is 157 Å². The lowest BCUT2D eigenvalue weighted by atomic mass is 9.95. The van der Waals surface area contributed by atoms with Crippen LogP contribution in [0.2, 0.25) is 0 Å². The molecule has 4 N–H and O–H groups in total. The molecule has 0 spiro atoms. The van der Waals surface area contributed by atoms with E-state index in [9.17, 15) is 24.0 Å². The van der Waals surface area contributed by atoms with E-state index in [0.717, 1.165) is 51.4 Å². The van der Waals surface area contributed by atoms with Gasteiger partial charge in [-0.25, -0.2) is 4.79 Å². The van der Waals surface area contributed by atoms with Crippen LogP contribution < -0.4 is 27.2 Å². The SMILES string of the molecule is CCCCCN(C(=O)CCC(=O)O[C@H](C)C(=O)NC1CCCCC1)c1c(N)n(CCCC)c(=O)[nH]c1=O. The Morgan fingerprint density at radius 3 is 2.41 bits per heavy atom. The normalized spacial score (nSPS) is 14.7. The number of unbranched alkanes of at least 4 members (excludes halogenated alkanes) is 3. The lowest BCUT2D eigenvalue weighted by molar-refractivity contribution is -0.155. The Bertz CT molecular complexity index is 1030. The van der Waals surface area contributed by atoms with E-state index in [1.165, 1.54) is 16.4 Å². The molecule has 0 bridgehead atoms. The van der Waals surface area contributed by atoms with E-state index in [1.54, 1.807) is 0 Å². The Hall–Kier alpha value is -3.11. The highest BCUT2D eigenvalue weighted by atomic mass is 16.5. The molecule has 11 nitrogen and oxygen atoms in total. The molecule has 1 aliphatic rings. The zero-order valence-electron chi connectivity index (χ0n) is 22.5. The Labute approximate surface area is 218 Å². The summed E-state index contributed by atoms with van der Waals surface area (Å²) in [5.74, 6) is -1.57. The molecule has 0 aliphatic heterocycles. The van der Waals surface area contributed by atoms with E-state index < -0.39 is 29.2 Å². The fourth-order valence-electron chi connectivity index (χ4n) is 4.48. The molecule has 1 aliphatic carbocycles. The summed E-state index contributed by atoms with van der Waals surface area (Å²) < 4.78 is 6.52. The quantitative estimate of drug-likeness (QED) is 0.251. The van der Waals surface area contributed by atoms with Gasteiger partial charge in [0, 0.05) is 25.6 Å². The number of aromatic amines is 1. The molecule has 1 aromatic rings. The van der Waals surface area contributed by atoms with Gasteiger partial charge in [0.05, 0.1) is 6.42 Å². The number of esters is 1. The van der Waals surface area contributed by atoms with Gasteiger partial charge in [-0.1, -0.05) is 52.4 Å². The summed E-state index contributed by atoms with van der Waals surface area (Å²) in [7, 11) is 0. The highest BCUT2D eigenvalue weighted by Gasteiger charge is 2.26. The Kier molecular flexibility index (Phi) is 12.4. The van der Waals surface area contributed by atoms with Crippen LogP contribution in [0.15, 0.2) is 9.59 Å². The first-order valence-electron chi connectivity index (χ1n) is 13.6. The van der Waals surface area contributed by atoms with Crippen molar-refractivity contribution < 1.29 is 19.1 Å². The van der Waals surface area contributed by atoms with Gasteiger partial charge >= 0.3 is 11.7 Å². The first kappa shape index (κ1) is 30.1. The highest BCUT2D eigenvalue weighted by Crippen LogP contribution is 2.20. The van der Waals surface area contributed by atoms with Crippen molar-refractivity contribution in [1.29, 1.82) is 0 Å². The second-order valence-corrected chi connectivity index (χ2v) is 9.73. The number of nitrogens with zero attached hydrogens (tertiary/aromatic N) is 2. The van der Waals surface area contributed by atoms with E-state index in [4.69, 9.17) is 10.5 Å². The summed E-state index contributed by atoms with van der Waals surface area (Å²) in [6, 6.07) is 0.102. The summed E-state index contributed by atoms with van der Waals surface area (Å²) >= 11 is 0. The summed E-state index contributed by atoms with van der Waals surface area (Å²) in [6.45, 7) is 6.03. The molecule has 1 heterocycles. The lowest BCUT2D eigenvalue weighted by Gasteiger charge is -2.25. The van der Waals surface area contributed by atoms with Crippen molar-refractivity contribution in [3.8, 4) is 0 Å². The number of carbonyl (C=O) groups is 3. The van der Waals surface area contributed by atoms with Crippen LogP contribution >= 0.6 is 0 Å². The molecule has 208 valence electrons. The number of rotatable bonds is 14. The Morgan fingerprint density at radius 1 is 1.08 bits per heavy atom. The maximum atomic E-state index is 13.2. The molecule has 0 saturated heterocycles. The number of nitrogen functional groups attached to an aromatic ring is 1. The van der Waals surface area contributed by atoms with Gasteiger partial charge in [0.25, 0.3) is 11.5 Å². The molecule has 1 aromatic heterocycles. The number of H-pyrrole nitrogens is 1. The van der Waals surface area contributed by atoms with Crippen LogP contribution in [0.3, 0.4) is 0 Å². The third-order valence-corrected chi connectivity index (χ3v) is 6.68. The van der Waals surface area contributed by atoms with E-state index in [-0.39, 0.29) is 42.8 Å². The number of hydrogen-bond acceptors (Lipinski definition) is 7. The zero-order valence-corrected chi connectivity index (χ0v) is 22.5. The number of amides is 2. The smallest absolute Gasteiger partial charge is 0.330 e. The van der Waals surface area contributed by atoms with Gasteiger partial charge < -0.3 is 20.7 Å². The molecule has 2 rings (SSSR count). The minimum Gasteiger partial charge on any atom is -0.453 e. The third kappa shape index (κ3) is 9.05. The van der Waals surface area contributed by atoms with Crippen LogP contribution in [0.1, 0.15) is 97.8 Å². The standard InChI is InChI=1S/C26H43N5O6/c1-4-6-11-17-30(22-23(27)31(16-7-5-2)26(36)29-25(22)35)20(32)14-15-21(33)37-18(3)24(34)28-19-12-9-8-10-13-19/h18-19H,4-17,27H2,1-3H3,(H,28,34)(H,29,35,36)/t18-/m1/s1. The van der Waals surface area contributed by atoms with Gasteiger partial charge in [-0.15, -0.1) is 0 Å². The van der Waals surface area contributed by atoms with Crippen molar-refractivity contribution >= 4 is 29.3 Å². The molecule has 1 atom stereocenters. The number of aromatic nitrogens is 2. The van der Waals surface area contributed by atoms with Crippen molar-refractivity contribution in [1.82, 2.24) is 14.9 Å². The lowest BCUT2D eigenvalue weighted by Crippen LogP contribution is -2.43. The van der Waals surface area contributed by atoms with Crippen LogP contribution in [0.4, 0.5) is 11.5 Å². The second kappa shape index (κ2) is 15.2. The van der Waals surface area contributed by atoms with Crippen LogP contribution in [-0.4, -0.2) is 46.0 Å². The van der Waals surface area contributed by atoms with Crippen LogP contribution in [0, 0.1) is 0 Å². The largest absolute Gasteiger partial charge is 0.453 e. The molecule has 37 heavy (non-hydrogen) atoms. The van der Waals surface area contributed by atoms with Gasteiger partial charge in [-0.05, 0) is 32.6 Å². The number of hydrogen-bond donors (Lipinski definition) is 3. The van der Waals surface area contributed by atoms with E-state index in [1.807, 2.05) is 13.8 Å². The predicted molar refractivity (Wildman–Crippen MR) is 142 cm³/mol. The average molecular weight is 522 g/mol. The van der Waals surface area contributed by atoms with Gasteiger partial charge in [-0.2, -0.15) is 0 Å². The van der Waals surface area contributed by atoms with Crippen LogP contribution in [0.5, 0.6) is 0 Å². The second-order valence-electron chi connectivity index (χ2n) is 9.73. The molecule has 2 amide bonds. The van der Waals surface area contributed by atoms with Crippen LogP contribution in [-0.2, 0) is 25.7 Å². The molecular formula is C26H43N5O6. The molecule has 1 fully saturated rings. The van der Waals surface area contributed by atoms with Crippen molar-refractivity contribution in [2.45, 2.75) is 117 Å². The molecule has 11 heteroatoms. The first-order valence-corrected chi connectivity index (χ1v) is 13.6. The molecule has 1 saturated carbocycles. The summed E-state index contributed by atoms with van der Waals surface area (Å²) in [4.78, 5) is 66.5. The summed E-state index contributed by atoms with van der Waals surface area (Å²) in [5.41, 5.74) is 4.77. The van der Waals surface area contributed by atoms with Crippen molar-refractivity contribution in [2.75, 3.05) is 17.2 Å². The van der Waals surface area contributed by atoms with E-state index in [2.05, 4.69) is 10.3 Å². The zero-order chi connectivity index (χ0) is 27.4. The fraction of sp³-hybridized carbons (Fsp3) is 0.731. The monoisotopic (exact) mass is 521 g/mol. The highest BCUT2D eigenvalue weighted by molar-refractivity contribution is 5.97. The van der Waals surface area contributed by atoms with Gasteiger partial charge in [0.1, 0.15) is 5.82 Å². The minimum absolute atomic E-state index is 0.0670. The fourth-order valence-corrected chi connectivity index (χ4v) is 4.48. The van der Waals surface area contributed by atoms with Crippen molar-refractivity contribution in [2.24, 2.45) is 0 Å². The molecule has 0 aromatic carbocycles. The Balaban J connectivity index is 2.07. The number of anilines is 2. The number of nitrogens with one attached hydrogen (secondary N) is 2. The maximum absolute atomic E-state index is 13.2. The van der Waals surface area contributed by atoms with Crippen molar-refractivity contribution in [3.05, 3.63) is 20.8 Å². The maximum Gasteiger partial charge on any atom is 0.330 e. The molecule has 0 unspecified atom stereocenters. The van der Waals surface area contributed by atoms with E-state index >= 15 is 0 Å². The van der Waals surface area contributed by atoms with Gasteiger partial charge in [-0.3, -0.25) is 28.7 Å². The van der Waals surface area contributed by atoms with E-state index in [0.29, 0.717) is 19.4 Å². The summed E-state index contributed by atoms with van der Waals surface area (Å²) in [5, 5.41) is 2.92.